The molecule has 3 rings (SSSR count). The number of benzene rings is 1. The molecule has 0 spiro atoms. The number of hydrogen-bond donors (Lipinski definition) is 0. The van der Waals surface area contributed by atoms with Gasteiger partial charge >= 0.3 is 0 Å². The third kappa shape index (κ3) is 3.93. The summed E-state index contributed by atoms with van der Waals surface area (Å²) >= 11 is 0. The molecule has 0 radical (unpaired) electrons. The number of nitrogens with zero attached hydrogens (tertiary/aromatic N) is 3. The molecule has 1 saturated heterocycles. The zero-order valence-electron chi connectivity index (χ0n) is 14.7. The van der Waals surface area contributed by atoms with E-state index in [0.29, 0.717) is 13.1 Å². The van der Waals surface area contributed by atoms with Crippen LogP contribution in [0.2, 0.25) is 0 Å². The summed E-state index contributed by atoms with van der Waals surface area (Å²) in [6.45, 7) is 4.73. The number of sulfonamides is 1. The first-order valence-corrected chi connectivity index (χ1v) is 10.3. The maximum Gasteiger partial charge on any atom is 0.218 e. The Morgan fingerprint density at radius 1 is 1.36 bits per heavy atom. The van der Waals surface area contributed by atoms with Gasteiger partial charge in [0.1, 0.15) is 11.6 Å². The van der Waals surface area contributed by atoms with E-state index in [1.54, 1.807) is 25.3 Å². The number of hydrogen-bond acceptors (Lipinski definition) is 3. The van der Waals surface area contributed by atoms with Gasteiger partial charge in [-0.25, -0.2) is 17.8 Å². The molecule has 2 heterocycles. The van der Waals surface area contributed by atoms with Crippen LogP contribution in [0.1, 0.15) is 42.8 Å². The molecule has 2 aromatic rings. The van der Waals surface area contributed by atoms with Crippen LogP contribution in [0.4, 0.5) is 4.39 Å². The largest absolute Gasteiger partial charge is 0.331 e. The average molecular weight is 365 g/mol. The third-order valence-electron chi connectivity index (χ3n) is 4.76. The Hall–Kier alpha value is -1.73. The Bertz CT molecular complexity index is 848. The molecule has 1 unspecified atom stereocenters. The van der Waals surface area contributed by atoms with E-state index < -0.39 is 15.8 Å². The van der Waals surface area contributed by atoms with E-state index in [4.69, 9.17) is 0 Å². The van der Waals surface area contributed by atoms with Gasteiger partial charge in [-0.1, -0.05) is 19.1 Å². The molecule has 1 fully saturated rings. The molecular formula is C18H24FN3O2S. The third-order valence-corrected chi connectivity index (χ3v) is 6.55. The Morgan fingerprint density at radius 2 is 2.16 bits per heavy atom. The molecule has 0 saturated carbocycles. The van der Waals surface area contributed by atoms with Crippen molar-refractivity contribution in [3.05, 3.63) is 53.4 Å². The van der Waals surface area contributed by atoms with Crippen LogP contribution in [-0.2, 0) is 22.2 Å². The van der Waals surface area contributed by atoms with Crippen LogP contribution < -0.4 is 0 Å². The van der Waals surface area contributed by atoms with Crippen molar-refractivity contribution in [3.8, 4) is 0 Å². The topological polar surface area (TPSA) is 55.2 Å². The van der Waals surface area contributed by atoms with Crippen molar-refractivity contribution in [2.75, 3.05) is 13.1 Å². The van der Waals surface area contributed by atoms with E-state index in [-0.39, 0.29) is 17.4 Å². The molecule has 5 nitrogen and oxygen atoms in total. The van der Waals surface area contributed by atoms with Gasteiger partial charge < -0.3 is 4.57 Å². The van der Waals surface area contributed by atoms with Crippen molar-refractivity contribution in [3.63, 3.8) is 0 Å². The van der Waals surface area contributed by atoms with E-state index in [1.807, 2.05) is 13.1 Å². The zero-order valence-corrected chi connectivity index (χ0v) is 15.5. The van der Waals surface area contributed by atoms with Gasteiger partial charge in [-0.2, -0.15) is 4.31 Å². The van der Waals surface area contributed by atoms with Crippen LogP contribution in [0.25, 0.3) is 0 Å². The predicted molar refractivity (Wildman–Crippen MR) is 95.2 cm³/mol. The maximum absolute atomic E-state index is 14.1. The first-order valence-electron chi connectivity index (χ1n) is 8.65. The first-order chi connectivity index (χ1) is 11.9. The minimum Gasteiger partial charge on any atom is -0.331 e. The summed E-state index contributed by atoms with van der Waals surface area (Å²) in [6.07, 6.45) is 6.20. The molecule has 1 aliphatic heterocycles. The van der Waals surface area contributed by atoms with Crippen LogP contribution in [0.5, 0.6) is 0 Å². The van der Waals surface area contributed by atoms with Crippen LogP contribution >= 0.6 is 0 Å². The minimum absolute atomic E-state index is 0.0869. The van der Waals surface area contributed by atoms with Crippen LogP contribution in [0, 0.1) is 12.7 Å². The summed E-state index contributed by atoms with van der Waals surface area (Å²) in [4.78, 5) is 4.33. The van der Waals surface area contributed by atoms with Gasteiger partial charge in [0.25, 0.3) is 0 Å². The lowest BCUT2D eigenvalue weighted by Crippen LogP contribution is -2.41. The Morgan fingerprint density at radius 3 is 2.88 bits per heavy atom. The van der Waals surface area contributed by atoms with E-state index in [1.165, 1.54) is 10.4 Å². The Kier molecular flexibility index (Phi) is 5.24. The van der Waals surface area contributed by atoms with Crippen molar-refractivity contribution < 1.29 is 12.8 Å². The van der Waals surface area contributed by atoms with E-state index in [9.17, 15) is 12.8 Å². The molecule has 0 bridgehead atoms. The van der Waals surface area contributed by atoms with Crippen molar-refractivity contribution in [2.45, 2.75) is 44.9 Å². The lowest BCUT2D eigenvalue weighted by atomic mass is 10.1. The standard InChI is InChI=1S/C18H24FN3O2S/c1-3-18-20-8-10-22(18)16-5-4-9-21(12-16)25(23,24)13-15-7-6-14(2)11-17(15)19/h6-8,10-11,16H,3-5,9,12-13H2,1-2H3. The summed E-state index contributed by atoms with van der Waals surface area (Å²) in [6, 6.07) is 4.77. The Balaban J connectivity index is 1.78. The maximum atomic E-state index is 14.1. The lowest BCUT2D eigenvalue weighted by Gasteiger charge is -2.33. The van der Waals surface area contributed by atoms with Gasteiger partial charge in [-0.15, -0.1) is 0 Å². The SMILES string of the molecule is CCc1nccn1C1CCCN(S(=O)(=O)Cc2ccc(C)cc2F)C1. The molecule has 136 valence electrons. The van der Waals surface area contributed by atoms with Gasteiger partial charge in [0.05, 0.1) is 5.75 Å². The lowest BCUT2D eigenvalue weighted by molar-refractivity contribution is 0.263. The molecular weight excluding hydrogens is 341 g/mol. The van der Waals surface area contributed by atoms with Gasteiger partial charge in [-0.05, 0) is 31.4 Å². The fourth-order valence-corrected chi connectivity index (χ4v) is 5.02. The number of rotatable bonds is 5. The highest BCUT2D eigenvalue weighted by molar-refractivity contribution is 7.88. The number of halogens is 1. The molecule has 1 aromatic heterocycles. The highest BCUT2D eigenvalue weighted by atomic mass is 32.2. The molecule has 0 N–H and O–H groups in total. The molecule has 0 aliphatic carbocycles. The Labute approximate surface area is 148 Å². The number of piperidine rings is 1. The number of imidazole rings is 1. The van der Waals surface area contributed by atoms with Crippen molar-refractivity contribution in [1.82, 2.24) is 13.9 Å². The summed E-state index contributed by atoms with van der Waals surface area (Å²) in [5.74, 6) is 0.213. The van der Waals surface area contributed by atoms with Crippen molar-refractivity contribution in [1.29, 1.82) is 0 Å². The summed E-state index contributed by atoms with van der Waals surface area (Å²) in [5, 5.41) is 0. The second-order valence-electron chi connectivity index (χ2n) is 6.61. The van der Waals surface area contributed by atoms with E-state index in [2.05, 4.69) is 9.55 Å². The minimum atomic E-state index is -3.56. The highest BCUT2D eigenvalue weighted by Crippen LogP contribution is 2.26. The summed E-state index contributed by atoms with van der Waals surface area (Å²) in [5.41, 5.74) is 1.01. The highest BCUT2D eigenvalue weighted by Gasteiger charge is 2.31. The average Bonchev–Trinajstić information content (AvgIpc) is 3.06. The molecule has 1 aliphatic rings. The molecule has 25 heavy (non-hydrogen) atoms. The zero-order chi connectivity index (χ0) is 18.0. The first kappa shape index (κ1) is 18.1. The van der Waals surface area contributed by atoms with E-state index >= 15 is 0 Å². The predicted octanol–water partition coefficient (Wildman–Crippen LogP) is 3.06. The monoisotopic (exact) mass is 365 g/mol. The van der Waals surface area contributed by atoms with Crippen LogP contribution in [0.3, 0.4) is 0 Å². The molecule has 0 amide bonds. The van der Waals surface area contributed by atoms with Crippen molar-refractivity contribution >= 4 is 10.0 Å². The van der Waals surface area contributed by atoms with Gasteiger partial charge in [0.15, 0.2) is 0 Å². The molecule has 1 atom stereocenters. The summed E-state index contributed by atoms with van der Waals surface area (Å²) in [7, 11) is -3.56. The molecule has 1 aromatic carbocycles. The van der Waals surface area contributed by atoms with Crippen LogP contribution in [0.15, 0.2) is 30.6 Å². The van der Waals surface area contributed by atoms with Crippen molar-refractivity contribution in [2.24, 2.45) is 0 Å². The van der Waals surface area contributed by atoms with Gasteiger partial charge in [0.2, 0.25) is 10.0 Å². The number of aryl methyl sites for hydroxylation is 2. The normalized spacial score (nSPS) is 19.2. The van der Waals surface area contributed by atoms with Crippen LogP contribution in [-0.4, -0.2) is 35.4 Å². The van der Waals surface area contributed by atoms with Gasteiger partial charge in [-0.3, -0.25) is 0 Å². The second-order valence-corrected chi connectivity index (χ2v) is 8.58. The smallest absolute Gasteiger partial charge is 0.218 e. The number of aromatic nitrogens is 2. The second kappa shape index (κ2) is 7.25. The fourth-order valence-electron chi connectivity index (χ4n) is 3.41. The fraction of sp³-hybridized carbons (Fsp3) is 0.500. The molecule has 7 heteroatoms. The van der Waals surface area contributed by atoms with E-state index in [0.717, 1.165) is 30.7 Å². The summed E-state index contributed by atoms with van der Waals surface area (Å²) < 4.78 is 43.2. The quantitative estimate of drug-likeness (QED) is 0.818. The van der Waals surface area contributed by atoms with Gasteiger partial charge in [0, 0.05) is 43.5 Å².